The molecule has 12 nitrogen and oxygen atoms in total. The highest BCUT2D eigenvalue weighted by Crippen LogP contribution is 2.36. The lowest BCUT2D eigenvalue weighted by atomic mass is 9.89. The summed E-state index contributed by atoms with van der Waals surface area (Å²) < 4.78 is 7.39. The Labute approximate surface area is 307 Å². The molecule has 3 fully saturated rings. The number of hydrogen-bond acceptors (Lipinski definition) is 9. The number of rotatable bonds is 9. The van der Waals surface area contributed by atoms with Crippen molar-refractivity contribution in [1.82, 2.24) is 29.6 Å². The molecule has 1 atom stereocenters. The van der Waals surface area contributed by atoms with Crippen molar-refractivity contribution in [1.29, 1.82) is 0 Å². The van der Waals surface area contributed by atoms with Crippen LogP contribution in [0.2, 0.25) is 5.02 Å². The lowest BCUT2D eigenvalue weighted by Crippen LogP contribution is -2.51. The maximum Gasteiger partial charge on any atom is 0.259 e. The molecule has 7 rings (SSSR count). The Morgan fingerprint density at radius 2 is 1.71 bits per heavy atom. The molecule has 13 heteroatoms. The van der Waals surface area contributed by atoms with Gasteiger partial charge in [-0.25, -0.2) is 0 Å². The topological polar surface area (TPSA) is 129 Å². The summed E-state index contributed by atoms with van der Waals surface area (Å²) in [7, 11) is 3.37. The van der Waals surface area contributed by atoms with Gasteiger partial charge in [0.2, 0.25) is 17.7 Å². The molecule has 2 aromatic heterocycles. The lowest BCUT2D eigenvalue weighted by molar-refractivity contribution is -0.135. The Morgan fingerprint density at radius 3 is 2.42 bits per heavy atom. The van der Waals surface area contributed by atoms with Gasteiger partial charge in [0, 0.05) is 86.6 Å². The highest BCUT2D eigenvalue weighted by Gasteiger charge is 2.28. The number of halogens is 1. The zero-order chi connectivity index (χ0) is 36.4. The number of nitrogens with zero attached hydrogens (tertiary/aromatic N) is 5. The Bertz CT molecular complexity index is 2040. The highest BCUT2D eigenvalue weighted by molar-refractivity contribution is 6.32. The van der Waals surface area contributed by atoms with Crippen molar-refractivity contribution < 1.29 is 19.1 Å². The van der Waals surface area contributed by atoms with E-state index in [9.17, 15) is 19.2 Å². The number of anilines is 1. The molecule has 5 heterocycles. The summed E-state index contributed by atoms with van der Waals surface area (Å²) >= 11 is 6.91. The number of ether oxygens (including phenoxy) is 1. The smallest absolute Gasteiger partial charge is 0.259 e. The number of aryl methyl sites for hydroxylation is 1. The zero-order valence-corrected chi connectivity index (χ0v) is 30.3. The second-order valence-corrected chi connectivity index (χ2v) is 14.4. The first kappa shape index (κ1) is 35.6. The van der Waals surface area contributed by atoms with Gasteiger partial charge in [-0.05, 0) is 85.1 Å². The van der Waals surface area contributed by atoms with E-state index < -0.39 is 6.04 Å². The molecule has 0 bridgehead atoms. The maximum absolute atomic E-state index is 13.3. The van der Waals surface area contributed by atoms with E-state index in [1.165, 1.54) is 5.56 Å². The van der Waals surface area contributed by atoms with Crippen LogP contribution in [-0.2, 0) is 28.0 Å². The third kappa shape index (κ3) is 7.69. The number of benzene rings is 2. The molecule has 2 aromatic carbocycles. The molecular formula is C39H44ClN7O5. The number of likely N-dealkylation sites (tertiary alicyclic amines) is 1. The first-order valence-corrected chi connectivity index (χ1v) is 18.3. The van der Waals surface area contributed by atoms with Gasteiger partial charge in [-0.3, -0.25) is 39.3 Å². The predicted octanol–water partition coefficient (Wildman–Crippen LogP) is 4.00. The second kappa shape index (κ2) is 15.4. The number of fused-ring (bicyclic) bond motifs is 1. The molecule has 0 radical (unpaired) electrons. The first-order valence-electron chi connectivity index (χ1n) is 17.9. The number of pyridine rings is 2. The van der Waals surface area contributed by atoms with E-state index in [0.29, 0.717) is 61.1 Å². The number of carbonyl (C=O) groups is 3. The summed E-state index contributed by atoms with van der Waals surface area (Å²) in [4.78, 5) is 60.2. The van der Waals surface area contributed by atoms with E-state index in [2.05, 4.69) is 37.6 Å². The molecule has 0 spiro atoms. The zero-order valence-electron chi connectivity index (χ0n) is 29.6. The van der Waals surface area contributed by atoms with Crippen LogP contribution in [0.1, 0.15) is 42.7 Å². The normalized spacial score (nSPS) is 19.1. The number of hydrogen-bond donors (Lipinski definition) is 2. The van der Waals surface area contributed by atoms with E-state index in [1.54, 1.807) is 31.1 Å². The summed E-state index contributed by atoms with van der Waals surface area (Å²) in [5.41, 5.74) is 4.65. The third-order valence-corrected chi connectivity index (χ3v) is 11.0. The van der Waals surface area contributed by atoms with E-state index in [0.717, 1.165) is 66.8 Å². The molecule has 272 valence electrons. The van der Waals surface area contributed by atoms with Gasteiger partial charge in [-0.1, -0.05) is 23.7 Å². The lowest BCUT2D eigenvalue weighted by Gasteiger charge is -2.37. The number of piperazine rings is 1. The fraction of sp³-hybridized carbons (Fsp3) is 0.410. The quantitative estimate of drug-likeness (QED) is 0.246. The van der Waals surface area contributed by atoms with Gasteiger partial charge >= 0.3 is 0 Å². The molecule has 4 aromatic rings. The number of nitrogens with one attached hydrogen (secondary N) is 2. The van der Waals surface area contributed by atoms with Crippen LogP contribution >= 0.6 is 11.6 Å². The Kier molecular flexibility index (Phi) is 10.6. The molecule has 52 heavy (non-hydrogen) atoms. The standard InChI is InChI=1S/C39H44ClN7O5/c1-44-22-31(29-9-12-41-21-30(29)39(44)51)27-19-33(40)32(35(20-27)52-2)23-46-15-17-47(18-16-46)37(49)24-45-13-10-26(11-14-45)25-3-5-28(6-4-25)42-34-7-8-36(48)43-38(34)50/h3-6,9,12,19-22,26,34,42H,7-8,10-11,13-18,23-24H2,1-2H3,(H,43,48,50). The van der Waals surface area contributed by atoms with E-state index in [1.807, 2.05) is 41.4 Å². The third-order valence-electron chi connectivity index (χ3n) is 10.7. The molecule has 2 N–H and O–H groups in total. The minimum atomic E-state index is -0.396. The minimum Gasteiger partial charge on any atom is -0.496 e. The fourth-order valence-electron chi connectivity index (χ4n) is 7.62. The monoisotopic (exact) mass is 725 g/mol. The van der Waals surface area contributed by atoms with Crippen molar-refractivity contribution in [3.63, 3.8) is 0 Å². The second-order valence-electron chi connectivity index (χ2n) is 14.0. The summed E-state index contributed by atoms with van der Waals surface area (Å²) in [6.07, 6.45) is 7.90. The summed E-state index contributed by atoms with van der Waals surface area (Å²) in [5, 5.41) is 7.57. The molecule has 3 saturated heterocycles. The van der Waals surface area contributed by atoms with Gasteiger partial charge in [-0.2, -0.15) is 0 Å². The van der Waals surface area contributed by atoms with Gasteiger partial charge in [-0.15, -0.1) is 0 Å². The molecule has 3 amide bonds. The van der Waals surface area contributed by atoms with Gasteiger partial charge in [0.1, 0.15) is 11.8 Å². The van der Waals surface area contributed by atoms with Crippen molar-refractivity contribution in [3.8, 4) is 16.9 Å². The number of piperidine rings is 2. The maximum atomic E-state index is 13.3. The van der Waals surface area contributed by atoms with Gasteiger partial charge in [0.25, 0.3) is 5.56 Å². The average molecular weight is 726 g/mol. The summed E-state index contributed by atoms with van der Waals surface area (Å²) in [6, 6.07) is 13.6. The van der Waals surface area contributed by atoms with Crippen LogP contribution < -0.4 is 20.9 Å². The van der Waals surface area contributed by atoms with Crippen molar-refractivity contribution >= 4 is 45.8 Å². The Balaban J connectivity index is 0.894. The van der Waals surface area contributed by atoms with E-state index in [-0.39, 0.29) is 23.3 Å². The molecule has 0 aliphatic carbocycles. The van der Waals surface area contributed by atoms with Crippen LogP contribution in [0.3, 0.4) is 0 Å². The first-order chi connectivity index (χ1) is 25.2. The van der Waals surface area contributed by atoms with Crippen LogP contribution in [0.4, 0.5) is 5.69 Å². The van der Waals surface area contributed by atoms with E-state index in [4.69, 9.17) is 16.3 Å². The van der Waals surface area contributed by atoms with Gasteiger partial charge < -0.3 is 19.5 Å². The van der Waals surface area contributed by atoms with Crippen molar-refractivity contribution in [2.75, 3.05) is 58.2 Å². The number of amides is 3. The number of aromatic nitrogens is 2. The van der Waals surface area contributed by atoms with Crippen molar-refractivity contribution in [2.45, 2.75) is 44.2 Å². The molecule has 0 saturated carbocycles. The van der Waals surface area contributed by atoms with Crippen LogP contribution in [0.15, 0.2) is 65.8 Å². The molecule has 3 aliphatic rings. The van der Waals surface area contributed by atoms with Crippen molar-refractivity contribution in [2.24, 2.45) is 7.05 Å². The molecule has 1 unspecified atom stereocenters. The highest BCUT2D eigenvalue weighted by atomic mass is 35.5. The number of imide groups is 1. The average Bonchev–Trinajstić information content (AvgIpc) is 3.16. The fourth-order valence-corrected chi connectivity index (χ4v) is 7.89. The van der Waals surface area contributed by atoms with Crippen LogP contribution in [0, 0.1) is 0 Å². The van der Waals surface area contributed by atoms with Crippen LogP contribution in [0.25, 0.3) is 21.9 Å². The van der Waals surface area contributed by atoms with Crippen molar-refractivity contribution in [3.05, 3.63) is 87.6 Å². The Morgan fingerprint density at radius 1 is 0.962 bits per heavy atom. The van der Waals surface area contributed by atoms with E-state index >= 15 is 0 Å². The molecule has 3 aliphatic heterocycles. The SMILES string of the molecule is COc1cc(-c2cn(C)c(=O)c3cnccc23)cc(Cl)c1CN1CCN(C(=O)CN2CCC(c3ccc(NC4CCC(=O)NC4=O)cc3)CC2)CC1. The summed E-state index contributed by atoms with van der Waals surface area (Å²) in [5.74, 6) is 0.783. The molecular weight excluding hydrogens is 682 g/mol. The number of carbonyl (C=O) groups excluding carboxylic acids is 3. The largest absolute Gasteiger partial charge is 0.496 e. The van der Waals surface area contributed by atoms with Gasteiger partial charge in [0.15, 0.2) is 0 Å². The van der Waals surface area contributed by atoms with Crippen LogP contribution in [-0.4, -0.2) is 101 Å². The predicted molar refractivity (Wildman–Crippen MR) is 200 cm³/mol. The Hall–Kier alpha value is -4.78. The number of methoxy groups -OCH3 is 1. The minimum absolute atomic E-state index is 0.106. The summed E-state index contributed by atoms with van der Waals surface area (Å²) in [6.45, 7) is 5.56. The van der Waals surface area contributed by atoms with Gasteiger partial charge in [0.05, 0.1) is 19.0 Å². The van der Waals surface area contributed by atoms with Crippen LogP contribution in [0.5, 0.6) is 5.75 Å².